The summed E-state index contributed by atoms with van der Waals surface area (Å²) in [6.45, 7) is 0. The summed E-state index contributed by atoms with van der Waals surface area (Å²) in [4.78, 5) is 24.3. The van der Waals surface area contributed by atoms with Gasteiger partial charge in [0.25, 0.3) is 0 Å². The van der Waals surface area contributed by atoms with E-state index in [9.17, 15) is 9.59 Å². The number of hydrogen-bond donors (Lipinski definition) is 2. The predicted molar refractivity (Wildman–Crippen MR) is 110 cm³/mol. The number of carbonyl (C=O) groups is 2. The predicted octanol–water partition coefficient (Wildman–Crippen LogP) is 3.23. The molecule has 1 heterocycles. The third-order valence-corrected chi connectivity index (χ3v) is 4.75. The van der Waals surface area contributed by atoms with Crippen LogP contribution in [0.2, 0.25) is 5.02 Å². The van der Waals surface area contributed by atoms with E-state index >= 15 is 0 Å². The topological polar surface area (TPSA) is 76.7 Å². The summed E-state index contributed by atoms with van der Waals surface area (Å²) in [5.74, 6) is -0.944. The summed E-state index contributed by atoms with van der Waals surface area (Å²) in [5.41, 5.74) is 2.79. The van der Waals surface area contributed by atoms with Gasteiger partial charge in [-0.1, -0.05) is 35.9 Å². The second-order valence-electron chi connectivity index (χ2n) is 5.93. The van der Waals surface area contributed by atoms with Gasteiger partial charge in [-0.2, -0.15) is 0 Å². The molecular weight excluding hydrogens is 400 g/mol. The Morgan fingerprint density at radius 3 is 2.14 bits per heavy atom. The first-order valence-electron chi connectivity index (χ1n) is 8.28. The largest absolute Gasteiger partial charge is 0.466 e. The van der Waals surface area contributed by atoms with Crippen molar-refractivity contribution in [3.8, 4) is 0 Å². The third kappa shape index (κ3) is 4.00. The quantitative estimate of drug-likeness (QED) is 0.585. The fourth-order valence-electron chi connectivity index (χ4n) is 2.92. The fourth-order valence-corrected chi connectivity index (χ4v) is 3.26. The summed E-state index contributed by atoms with van der Waals surface area (Å²) < 4.78 is 9.73. The maximum absolute atomic E-state index is 12.6. The van der Waals surface area contributed by atoms with Crippen LogP contribution in [0.3, 0.4) is 0 Å². The van der Waals surface area contributed by atoms with Gasteiger partial charge in [-0.25, -0.2) is 9.59 Å². The van der Waals surface area contributed by atoms with E-state index in [2.05, 4.69) is 10.6 Å². The van der Waals surface area contributed by atoms with Crippen molar-refractivity contribution >= 4 is 46.6 Å². The van der Waals surface area contributed by atoms with Crippen molar-refractivity contribution in [3.05, 3.63) is 75.8 Å². The Hall–Kier alpha value is -2.90. The molecule has 2 N–H and O–H groups in total. The van der Waals surface area contributed by atoms with Gasteiger partial charge >= 0.3 is 11.9 Å². The van der Waals surface area contributed by atoms with Gasteiger partial charge < -0.3 is 20.1 Å². The van der Waals surface area contributed by atoms with Crippen molar-refractivity contribution in [2.75, 3.05) is 14.2 Å². The van der Waals surface area contributed by atoms with Crippen LogP contribution in [0.15, 0.2) is 54.1 Å². The molecule has 3 rings (SSSR count). The van der Waals surface area contributed by atoms with E-state index in [-0.39, 0.29) is 0 Å². The maximum Gasteiger partial charge on any atom is 0.338 e. The van der Waals surface area contributed by atoms with Gasteiger partial charge in [-0.15, -0.1) is 0 Å². The second-order valence-corrected chi connectivity index (χ2v) is 6.78. The molecular formula is C20H17ClN2O4S. The number of carbonyl (C=O) groups excluding carboxylic acids is 2. The van der Waals surface area contributed by atoms with Crippen LogP contribution in [0.5, 0.6) is 0 Å². The molecule has 0 spiro atoms. The molecule has 1 aliphatic heterocycles. The van der Waals surface area contributed by atoms with Gasteiger partial charge in [-0.05, 0) is 47.6 Å². The molecule has 0 aromatic heterocycles. The summed E-state index contributed by atoms with van der Waals surface area (Å²) in [6, 6.07) is 13.2. The van der Waals surface area contributed by atoms with Crippen molar-refractivity contribution in [1.29, 1.82) is 0 Å². The van der Waals surface area contributed by atoms with Crippen molar-refractivity contribution < 1.29 is 19.1 Å². The van der Waals surface area contributed by atoms with Crippen molar-refractivity contribution in [2.45, 2.75) is 6.04 Å². The zero-order chi connectivity index (χ0) is 20.3. The number of nitrogens with one attached hydrogen (secondary N) is 2. The van der Waals surface area contributed by atoms with E-state index in [0.717, 1.165) is 11.1 Å². The molecule has 0 radical (unpaired) electrons. The molecule has 2 aromatic rings. The van der Waals surface area contributed by atoms with Crippen LogP contribution in [0.1, 0.15) is 27.5 Å². The van der Waals surface area contributed by atoms with Crippen LogP contribution in [-0.4, -0.2) is 31.3 Å². The minimum atomic E-state index is -0.557. The molecule has 144 valence electrons. The van der Waals surface area contributed by atoms with E-state index < -0.39 is 18.0 Å². The molecule has 0 bridgehead atoms. The Bertz CT molecular complexity index is 955. The van der Waals surface area contributed by atoms with Gasteiger partial charge in [0, 0.05) is 5.02 Å². The van der Waals surface area contributed by atoms with Crippen LogP contribution in [-0.2, 0) is 14.3 Å². The number of rotatable bonds is 4. The van der Waals surface area contributed by atoms with Gasteiger partial charge in [-0.3, -0.25) is 0 Å². The molecule has 1 atom stereocenters. The highest BCUT2D eigenvalue weighted by atomic mass is 35.5. The zero-order valence-electron chi connectivity index (χ0n) is 15.1. The van der Waals surface area contributed by atoms with Crippen molar-refractivity contribution in [1.82, 2.24) is 10.6 Å². The molecule has 0 fully saturated rings. The number of halogens is 1. The third-order valence-electron chi connectivity index (χ3n) is 4.28. The molecule has 0 saturated heterocycles. The van der Waals surface area contributed by atoms with Crippen molar-refractivity contribution in [2.24, 2.45) is 0 Å². The highest BCUT2D eigenvalue weighted by molar-refractivity contribution is 7.80. The summed E-state index contributed by atoms with van der Waals surface area (Å²) in [7, 11) is 2.64. The fraction of sp³-hybridized carbons (Fsp3) is 0.150. The Labute approximate surface area is 172 Å². The lowest BCUT2D eigenvalue weighted by Gasteiger charge is -2.31. The SMILES string of the molecule is COC(=O)C1=C(c2ccc(Cl)cc2)NC(=S)N[C@@H]1c1ccc(C(=O)OC)cc1. The highest BCUT2D eigenvalue weighted by Gasteiger charge is 2.32. The summed E-state index contributed by atoms with van der Waals surface area (Å²) in [5, 5.41) is 7.07. The molecule has 1 aliphatic rings. The van der Waals surface area contributed by atoms with E-state index in [1.165, 1.54) is 14.2 Å². The molecule has 6 nitrogen and oxygen atoms in total. The first-order valence-corrected chi connectivity index (χ1v) is 9.07. The lowest BCUT2D eigenvalue weighted by Crippen LogP contribution is -2.45. The molecule has 8 heteroatoms. The molecule has 2 aromatic carbocycles. The Balaban J connectivity index is 2.11. The Kier molecular flexibility index (Phi) is 5.96. The smallest absolute Gasteiger partial charge is 0.338 e. The monoisotopic (exact) mass is 416 g/mol. The highest BCUT2D eigenvalue weighted by Crippen LogP contribution is 2.32. The number of esters is 2. The number of benzene rings is 2. The van der Waals surface area contributed by atoms with Crippen LogP contribution in [0, 0.1) is 0 Å². The minimum absolute atomic E-state index is 0.361. The molecule has 0 unspecified atom stereocenters. The number of hydrogen-bond acceptors (Lipinski definition) is 5. The number of methoxy groups -OCH3 is 2. The average molecular weight is 417 g/mol. The maximum atomic E-state index is 12.6. The zero-order valence-corrected chi connectivity index (χ0v) is 16.7. The first kappa shape index (κ1) is 19.9. The van der Waals surface area contributed by atoms with E-state index in [0.29, 0.717) is 27.0 Å². The Morgan fingerprint density at radius 2 is 1.57 bits per heavy atom. The van der Waals surface area contributed by atoms with Gasteiger partial charge in [0.15, 0.2) is 5.11 Å². The van der Waals surface area contributed by atoms with E-state index in [1.54, 1.807) is 48.5 Å². The van der Waals surface area contributed by atoms with Crippen molar-refractivity contribution in [3.63, 3.8) is 0 Å². The first-order chi connectivity index (χ1) is 13.4. The molecule has 0 saturated carbocycles. The summed E-state index contributed by atoms with van der Waals surface area (Å²) >= 11 is 11.3. The molecule has 0 amide bonds. The lowest BCUT2D eigenvalue weighted by atomic mass is 9.92. The van der Waals surface area contributed by atoms with Crippen LogP contribution < -0.4 is 10.6 Å². The van der Waals surface area contributed by atoms with Crippen LogP contribution >= 0.6 is 23.8 Å². The normalized spacial score (nSPS) is 16.1. The molecule has 28 heavy (non-hydrogen) atoms. The van der Waals surface area contributed by atoms with Gasteiger partial charge in [0.1, 0.15) is 0 Å². The minimum Gasteiger partial charge on any atom is -0.466 e. The number of thiocarbonyl (C=S) groups is 1. The molecule has 0 aliphatic carbocycles. The summed E-state index contributed by atoms with van der Waals surface area (Å²) in [6.07, 6.45) is 0. The average Bonchev–Trinajstić information content (AvgIpc) is 2.72. The standard InChI is InChI=1S/C20H17ClN2O4S/c1-26-18(24)13-5-3-11(4-6-13)16-15(19(25)27-2)17(23-20(28)22-16)12-7-9-14(21)10-8-12/h3-10,16H,1-2H3,(H2,22,23,28)/t16-/m1/s1. The van der Waals surface area contributed by atoms with E-state index in [4.69, 9.17) is 33.3 Å². The van der Waals surface area contributed by atoms with E-state index in [1.807, 2.05) is 0 Å². The van der Waals surface area contributed by atoms with Crippen LogP contribution in [0.25, 0.3) is 5.70 Å². The Morgan fingerprint density at radius 1 is 0.964 bits per heavy atom. The van der Waals surface area contributed by atoms with Crippen LogP contribution in [0.4, 0.5) is 0 Å². The van der Waals surface area contributed by atoms with Gasteiger partial charge in [0.05, 0.1) is 37.1 Å². The second kappa shape index (κ2) is 8.41. The van der Waals surface area contributed by atoms with Gasteiger partial charge in [0.2, 0.25) is 0 Å². The number of ether oxygens (including phenoxy) is 2. The lowest BCUT2D eigenvalue weighted by molar-refractivity contribution is -0.136.